The molecule has 3 nitrogen and oxygen atoms in total. The zero-order valence-corrected chi connectivity index (χ0v) is 12.0. The lowest BCUT2D eigenvalue weighted by Crippen LogP contribution is -2.18. The summed E-state index contributed by atoms with van der Waals surface area (Å²) in [5, 5.41) is 4.64. The number of benzene rings is 1. The average Bonchev–Trinajstić information content (AvgIpc) is 3.01. The molecular formula is C17H22N2O. The number of nitrogens with one attached hydrogen (secondary N) is 1. The van der Waals surface area contributed by atoms with Gasteiger partial charge in [0.15, 0.2) is 0 Å². The van der Waals surface area contributed by atoms with Gasteiger partial charge in [0, 0.05) is 24.2 Å². The minimum atomic E-state index is 0.392. The van der Waals surface area contributed by atoms with E-state index < -0.39 is 0 Å². The molecule has 3 heteroatoms. The normalized spacial score (nSPS) is 20.4. The third kappa shape index (κ3) is 3.00. The van der Waals surface area contributed by atoms with Gasteiger partial charge in [-0.1, -0.05) is 12.1 Å². The quantitative estimate of drug-likeness (QED) is 0.903. The summed E-state index contributed by atoms with van der Waals surface area (Å²) in [4.78, 5) is 4.38. The predicted octanol–water partition coefficient (Wildman–Crippen LogP) is 3.45. The van der Waals surface area contributed by atoms with Crippen molar-refractivity contribution < 1.29 is 4.74 Å². The fourth-order valence-corrected chi connectivity index (χ4v) is 3.01. The highest BCUT2D eigenvalue weighted by atomic mass is 16.5. The molecule has 2 heterocycles. The molecule has 106 valence electrons. The van der Waals surface area contributed by atoms with Gasteiger partial charge in [0.2, 0.25) is 0 Å². The average molecular weight is 270 g/mol. The van der Waals surface area contributed by atoms with Gasteiger partial charge < -0.3 is 10.1 Å². The summed E-state index contributed by atoms with van der Waals surface area (Å²) in [7, 11) is 2.04. The Balaban J connectivity index is 1.72. The van der Waals surface area contributed by atoms with Gasteiger partial charge in [-0.25, -0.2) is 0 Å². The molecule has 2 aromatic rings. The lowest BCUT2D eigenvalue weighted by Gasteiger charge is -2.19. The molecule has 1 aliphatic rings. The summed E-state index contributed by atoms with van der Waals surface area (Å²) >= 11 is 0. The van der Waals surface area contributed by atoms with Gasteiger partial charge in [0.25, 0.3) is 0 Å². The summed E-state index contributed by atoms with van der Waals surface area (Å²) in [5.74, 6) is 0. The van der Waals surface area contributed by atoms with Crippen LogP contribution >= 0.6 is 0 Å². The topological polar surface area (TPSA) is 34.1 Å². The molecule has 1 aromatic carbocycles. The Morgan fingerprint density at radius 3 is 3.15 bits per heavy atom. The Morgan fingerprint density at radius 1 is 1.40 bits per heavy atom. The van der Waals surface area contributed by atoms with Crippen LogP contribution in [0.25, 0.3) is 10.9 Å². The summed E-state index contributed by atoms with van der Waals surface area (Å²) in [6.07, 6.45) is 7.00. The first-order valence-electron chi connectivity index (χ1n) is 7.50. The third-order valence-electron chi connectivity index (χ3n) is 4.18. The summed E-state index contributed by atoms with van der Waals surface area (Å²) in [6, 6.07) is 11.1. The number of hydrogen-bond acceptors (Lipinski definition) is 3. The Labute approximate surface area is 120 Å². The highest BCUT2D eigenvalue weighted by Gasteiger charge is 2.18. The molecule has 0 saturated carbocycles. The number of hydrogen-bond donors (Lipinski definition) is 1. The number of ether oxygens (including phenoxy) is 1. The molecule has 0 radical (unpaired) electrons. The van der Waals surface area contributed by atoms with Crippen molar-refractivity contribution >= 4 is 10.9 Å². The summed E-state index contributed by atoms with van der Waals surface area (Å²) in [6.45, 7) is 0.941. The lowest BCUT2D eigenvalue weighted by atomic mass is 9.98. The van der Waals surface area contributed by atoms with E-state index >= 15 is 0 Å². The van der Waals surface area contributed by atoms with Gasteiger partial charge in [-0.2, -0.15) is 0 Å². The van der Waals surface area contributed by atoms with Crippen molar-refractivity contribution in [2.75, 3.05) is 13.7 Å². The number of rotatable bonds is 5. The molecule has 1 fully saturated rings. The van der Waals surface area contributed by atoms with Crippen molar-refractivity contribution in [3.05, 3.63) is 42.1 Å². The van der Waals surface area contributed by atoms with E-state index in [1.807, 2.05) is 19.3 Å². The van der Waals surface area contributed by atoms with Crippen LogP contribution in [0.15, 0.2) is 36.5 Å². The molecule has 0 spiro atoms. The number of pyridine rings is 1. The van der Waals surface area contributed by atoms with Crippen LogP contribution in [0.2, 0.25) is 0 Å². The van der Waals surface area contributed by atoms with Gasteiger partial charge in [0.1, 0.15) is 0 Å². The molecule has 20 heavy (non-hydrogen) atoms. The standard InChI is InChI=1S/C17H22N2O/c1-18-16(9-7-15-5-3-11-20-15)14-6-8-17-13(12-14)4-2-10-19-17/h2,4,6,8,10,12,15-16,18H,3,5,7,9,11H2,1H3. The number of fused-ring (bicyclic) bond motifs is 1. The minimum absolute atomic E-state index is 0.392. The van der Waals surface area contributed by atoms with E-state index in [2.05, 4.69) is 34.6 Å². The summed E-state index contributed by atoms with van der Waals surface area (Å²) in [5.41, 5.74) is 2.40. The third-order valence-corrected chi connectivity index (χ3v) is 4.18. The van der Waals surface area contributed by atoms with E-state index in [0.717, 1.165) is 25.0 Å². The number of aromatic nitrogens is 1. The first-order chi connectivity index (χ1) is 9.86. The molecule has 2 unspecified atom stereocenters. The first-order valence-corrected chi connectivity index (χ1v) is 7.50. The molecule has 1 N–H and O–H groups in total. The van der Waals surface area contributed by atoms with Crippen LogP contribution in [0.4, 0.5) is 0 Å². The highest BCUT2D eigenvalue weighted by Crippen LogP contribution is 2.25. The molecular weight excluding hydrogens is 248 g/mol. The molecule has 2 atom stereocenters. The Bertz CT molecular complexity index is 564. The van der Waals surface area contributed by atoms with Crippen LogP contribution < -0.4 is 5.32 Å². The van der Waals surface area contributed by atoms with Gasteiger partial charge >= 0.3 is 0 Å². The second kappa shape index (κ2) is 6.33. The van der Waals surface area contributed by atoms with Crippen molar-refractivity contribution in [3.63, 3.8) is 0 Å². The monoisotopic (exact) mass is 270 g/mol. The predicted molar refractivity (Wildman–Crippen MR) is 81.8 cm³/mol. The van der Waals surface area contributed by atoms with Crippen LogP contribution in [0.1, 0.15) is 37.3 Å². The van der Waals surface area contributed by atoms with E-state index in [1.54, 1.807) is 0 Å². The van der Waals surface area contributed by atoms with Crippen LogP contribution in [-0.2, 0) is 4.74 Å². The molecule has 1 aliphatic heterocycles. The van der Waals surface area contributed by atoms with Crippen LogP contribution in [0.3, 0.4) is 0 Å². The lowest BCUT2D eigenvalue weighted by molar-refractivity contribution is 0.0998. The molecule has 1 aromatic heterocycles. The van der Waals surface area contributed by atoms with Gasteiger partial charge in [-0.05, 0) is 56.5 Å². The zero-order chi connectivity index (χ0) is 13.8. The van der Waals surface area contributed by atoms with E-state index in [9.17, 15) is 0 Å². The van der Waals surface area contributed by atoms with E-state index in [1.165, 1.54) is 23.8 Å². The molecule has 0 bridgehead atoms. The van der Waals surface area contributed by atoms with E-state index in [0.29, 0.717) is 12.1 Å². The van der Waals surface area contributed by atoms with Crippen molar-refractivity contribution in [3.8, 4) is 0 Å². The second-order valence-corrected chi connectivity index (χ2v) is 5.51. The maximum Gasteiger partial charge on any atom is 0.0702 e. The Hall–Kier alpha value is -1.45. The van der Waals surface area contributed by atoms with E-state index in [-0.39, 0.29) is 0 Å². The van der Waals surface area contributed by atoms with Crippen molar-refractivity contribution in [1.82, 2.24) is 10.3 Å². The highest BCUT2D eigenvalue weighted by molar-refractivity contribution is 5.79. The zero-order valence-electron chi connectivity index (χ0n) is 12.0. The van der Waals surface area contributed by atoms with Crippen LogP contribution in [0.5, 0.6) is 0 Å². The van der Waals surface area contributed by atoms with Crippen LogP contribution in [0, 0.1) is 0 Å². The fourth-order valence-electron chi connectivity index (χ4n) is 3.01. The van der Waals surface area contributed by atoms with Gasteiger partial charge in [0.05, 0.1) is 11.6 Å². The maximum atomic E-state index is 5.72. The second-order valence-electron chi connectivity index (χ2n) is 5.51. The molecule has 1 saturated heterocycles. The fraction of sp³-hybridized carbons (Fsp3) is 0.471. The Morgan fingerprint density at radius 2 is 2.35 bits per heavy atom. The van der Waals surface area contributed by atoms with Gasteiger partial charge in [-0.15, -0.1) is 0 Å². The van der Waals surface area contributed by atoms with Crippen LogP contribution in [-0.4, -0.2) is 24.7 Å². The number of nitrogens with zero attached hydrogens (tertiary/aromatic N) is 1. The van der Waals surface area contributed by atoms with E-state index in [4.69, 9.17) is 4.74 Å². The van der Waals surface area contributed by atoms with Crippen molar-refractivity contribution in [1.29, 1.82) is 0 Å². The molecule has 3 rings (SSSR count). The summed E-state index contributed by atoms with van der Waals surface area (Å²) < 4.78 is 5.72. The molecule has 0 aliphatic carbocycles. The van der Waals surface area contributed by atoms with Crippen molar-refractivity contribution in [2.45, 2.75) is 37.8 Å². The first kappa shape index (κ1) is 13.5. The SMILES string of the molecule is CNC(CCC1CCCO1)c1ccc2ncccc2c1. The maximum absolute atomic E-state index is 5.72. The molecule has 0 amide bonds. The van der Waals surface area contributed by atoms with Gasteiger partial charge in [-0.3, -0.25) is 4.98 Å². The largest absolute Gasteiger partial charge is 0.378 e. The smallest absolute Gasteiger partial charge is 0.0702 e. The minimum Gasteiger partial charge on any atom is -0.378 e. The van der Waals surface area contributed by atoms with Crippen molar-refractivity contribution in [2.24, 2.45) is 0 Å². The Kier molecular flexibility index (Phi) is 4.28.